The molecule has 3 aromatic rings. The number of anilines is 2. The minimum Gasteiger partial charge on any atom is -0.350 e. The number of rotatable bonds is 4. The van der Waals surface area contributed by atoms with Gasteiger partial charge in [0, 0.05) is 5.69 Å². The fraction of sp³-hybridized carbons (Fsp3) is 0.214. The normalized spacial score (nSPS) is 14.3. The molecular weight excluding hydrogens is 415 g/mol. The van der Waals surface area contributed by atoms with Crippen LogP contribution in [0.4, 0.5) is 15.8 Å². The molecule has 1 N–H and O–H groups in total. The number of aryl methyl sites for hydroxylation is 2. The minimum atomic E-state index is -0.471. The standard InChI is InChI=1S/C28H27FN2O2/c1-17-6-15-23(18(2)16-17)24-25(30-21-11-7-19(8-12-21)28(3,4)5)27(33)31(26(24)32)22-13-9-20(29)10-14-22/h6-16,30H,1-5H3. The summed E-state index contributed by atoms with van der Waals surface area (Å²) < 4.78 is 13.5. The third-order valence-corrected chi connectivity index (χ3v) is 5.84. The molecule has 4 nitrogen and oxygen atoms in total. The summed E-state index contributed by atoms with van der Waals surface area (Å²) in [6.45, 7) is 10.3. The maximum atomic E-state index is 13.5. The van der Waals surface area contributed by atoms with Crippen LogP contribution in [0.15, 0.2) is 72.4 Å². The lowest BCUT2D eigenvalue weighted by Crippen LogP contribution is -2.32. The van der Waals surface area contributed by atoms with Gasteiger partial charge >= 0.3 is 0 Å². The first-order chi connectivity index (χ1) is 15.6. The SMILES string of the molecule is Cc1ccc(C2=C(Nc3ccc(C(C)(C)C)cc3)C(=O)N(c3ccc(F)cc3)C2=O)c(C)c1. The molecular formula is C28H27FN2O2. The fourth-order valence-corrected chi connectivity index (χ4v) is 4.01. The molecule has 0 saturated heterocycles. The van der Waals surface area contributed by atoms with Crippen LogP contribution < -0.4 is 10.2 Å². The molecule has 0 aromatic heterocycles. The van der Waals surface area contributed by atoms with Gasteiger partial charge in [0.2, 0.25) is 0 Å². The van der Waals surface area contributed by atoms with E-state index in [1.54, 1.807) is 0 Å². The Kier molecular flexibility index (Phi) is 5.66. The van der Waals surface area contributed by atoms with Crippen molar-refractivity contribution in [1.82, 2.24) is 0 Å². The molecule has 168 valence electrons. The number of imide groups is 1. The number of carbonyl (C=O) groups is 2. The molecule has 5 heteroatoms. The highest BCUT2D eigenvalue weighted by molar-refractivity contribution is 6.46. The molecule has 0 aliphatic carbocycles. The van der Waals surface area contributed by atoms with Crippen molar-refractivity contribution in [2.75, 3.05) is 10.2 Å². The Morgan fingerprint density at radius 1 is 0.818 bits per heavy atom. The summed E-state index contributed by atoms with van der Waals surface area (Å²) in [5.41, 5.74) is 5.37. The Hall–Kier alpha value is -3.73. The number of hydrogen-bond acceptors (Lipinski definition) is 3. The highest BCUT2D eigenvalue weighted by Crippen LogP contribution is 2.35. The van der Waals surface area contributed by atoms with Crippen molar-refractivity contribution in [3.8, 4) is 0 Å². The first-order valence-corrected chi connectivity index (χ1v) is 10.9. The highest BCUT2D eigenvalue weighted by atomic mass is 19.1. The van der Waals surface area contributed by atoms with Gasteiger partial charge in [0.05, 0.1) is 11.3 Å². The Morgan fingerprint density at radius 3 is 2.03 bits per heavy atom. The molecule has 4 rings (SSSR count). The second-order valence-corrected chi connectivity index (χ2v) is 9.44. The number of nitrogens with zero attached hydrogens (tertiary/aromatic N) is 1. The maximum Gasteiger partial charge on any atom is 0.282 e. The summed E-state index contributed by atoms with van der Waals surface area (Å²) in [6.07, 6.45) is 0. The van der Waals surface area contributed by atoms with Gasteiger partial charge in [0.1, 0.15) is 11.5 Å². The van der Waals surface area contributed by atoms with Crippen molar-refractivity contribution in [2.24, 2.45) is 0 Å². The molecule has 0 radical (unpaired) electrons. The molecule has 1 aliphatic heterocycles. The summed E-state index contributed by atoms with van der Waals surface area (Å²) in [5.74, 6) is -1.34. The molecule has 0 fully saturated rings. The van der Waals surface area contributed by atoms with E-state index in [-0.39, 0.29) is 11.1 Å². The molecule has 0 unspecified atom stereocenters. The Labute approximate surface area is 193 Å². The van der Waals surface area contributed by atoms with E-state index in [9.17, 15) is 14.0 Å². The smallest absolute Gasteiger partial charge is 0.282 e. The predicted molar refractivity (Wildman–Crippen MR) is 130 cm³/mol. The van der Waals surface area contributed by atoms with E-state index in [1.807, 2.05) is 56.3 Å². The zero-order valence-electron chi connectivity index (χ0n) is 19.5. The van der Waals surface area contributed by atoms with E-state index >= 15 is 0 Å². The van der Waals surface area contributed by atoms with E-state index in [1.165, 1.54) is 29.8 Å². The number of nitrogens with one attached hydrogen (secondary N) is 1. The number of halogens is 1. The fourth-order valence-electron chi connectivity index (χ4n) is 4.01. The van der Waals surface area contributed by atoms with Gasteiger partial charge in [-0.25, -0.2) is 9.29 Å². The van der Waals surface area contributed by atoms with Crippen molar-refractivity contribution in [3.05, 3.63) is 100 Å². The summed E-state index contributed by atoms with van der Waals surface area (Å²) in [5, 5.41) is 3.19. The summed E-state index contributed by atoms with van der Waals surface area (Å²) >= 11 is 0. The van der Waals surface area contributed by atoms with Crippen molar-refractivity contribution in [1.29, 1.82) is 0 Å². The van der Waals surface area contributed by atoms with Gasteiger partial charge in [-0.1, -0.05) is 56.7 Å². The van der Waals surface area contributed by atoms with Crippen LogP contribution in [-0.2, 0) is 15.0 Å². The van der Waals surface area contributed by atoms with Gasteiger partial charge in [-0.05, 0) is 72.4 Å². The van der Waals surface area contributed by atoms with Gasteiger partial charge in [-0.15, -0.1) is 0 Å². The Balaban J connectivity index is 1.80. The van der Waals surface area contributed by atoms with E-state index in [0.29, 0.717) is 22.5 Å². The molecule has 3 aromatic carbocycles. The Bertz CT molecular complexity index is 1270. The lowest BCUT2D eigenvalue weighted by Gasteiger charge is -2.19. The van der Waals surface area contributed by atoms with E-state index in [0.717, 1.165) is 16.0 Å². The summed E-state index contributed by atoms with van der Waals surface area (Å²) in [4.78, 5) is 28.1. The van der Waals surface area contributed by atoms with Crippen LogP contribution in [0.5, 0.6) is 0 Å². The molecule has 1 heterocycles. The summed E-state index contributed by atoms with van der Waals surface area (Å²) in [7, 11) is 0. The maximum absolute atomic E-state index is 13.5. The lowest BCUT2D eigenvalue weighted by molar-refractivity contribution is -0.120. The zero-order valence-corrected chi connectivity index (χ0v) is 19.5. The predicted octanol–water partition coefficient (Wildman–Crippen LogP) is 6.14. The first-order valence-electron chi connectivity index (χ1n) is 10.9. The van der Waals surface area contributed by atoms with Crippen molar-refractivity contribution in [2.45, 2.75) is 40.0 Å². The topological polar surface area (TPSA) is 49.4 Å². The minimum absolute atomic E-state index is 0.000491. The van der Waals surface area contributed by atoms with Crippen LogP contribution in [0.3, 0.4) is 0 Å². The van der Waals surface area contributed by atoms with Crippen molar-refractivity contribution >= 4 is 28.8 Å². The van der Waals surface area contributed by atoms with Crippen LogP contribution in [-0.4, -0.2) is 11.8 Å². The van der Waals surface area contributed by atoms with E-state index in [4.69, 9.17) is 0 Å². The second-order valence-electron chi connectivity index (χ2n) is 9.44. The first kappa shape index (κ1) is 22.5. The van der Waals surface area contributed by atoms with Crippen LogP contribution in [0.2, 0.25) is 0 Å². The van der Waals surface area contributed by atoms with Crippen LogP contribution in [0.25, 0.3) is 5.57 Å². The zero-order chi connectivity index (χ0) is 23.9. The van der Waals surface area contributed by atoms with Crippen molar-refractivity contribution in [3.63, 3.8) is 0 Å². The number of benzene rings is 3. The molecule has 0 spiro atoms. The third-order valence-electron chi connectivity index (χ3n) is 5.84. The second kappa shape index (κ2) is 8.32. The van der Waals surface area contributed by atoms with Crippen LogP contribution in [0.1, 0.15) is 43.0 Å². The highest BCUT2D eigenvalue weighted by Gasteiger charge is 2.40. The number of hydrogen-bond donors (Lipinski definition) is 1. The van der Waals surface area contributed by atoms with Gasteiger partial charge in [-0.3, -0.25) is 9.59 Å². The molecule has 0 atom stereocenters. The number of amides is 2. The Morgan fingerprint density at radius 2 is 1.45 bits per heavy atom. The van der Waals surface area contributed by atoms with Gasteiger partial charge < -0.3 is 5.32 Å². The average molecular weight is 443 g/mol. The van der Waals surface area contributed by atoms with Crippen LogP contribution in [0, 0.1) is 19.7 Å². The van der Waals surface area contributed by atoms with Crippen molar-refractivity contribution < 1.29 is 14.0 Å². The molecule has 2 amide bonds. The molecule has 1 aliphatic rings. The third kappa shape index (κ3) is 4.31. The van der Waals surface area contributed by atoms with E-state index in [2.05, 4.69) is 26.1 Å². The molecule has 0 bridgehead atoms. The van der Waals surface area contributed by atoms with Gasteiger partial charge in [0.15, 0.2) is 0 Å². The number of carbonyl (C=O) groups excluding carboxylic acids is 2. The largest absolute Gasteiger partial charge is 0.350 e. The average Bonchev–Trinajstić information content (AvgIpc) is 2.98. The summed E-state index contributed by atoms with van der Waals surface area (Å²) in [6, 6.07) is 19.0. The van der Waals surface area contributed by atoms with Gasteiger partial charge in [-0.2, -0.15) is 0 Å². The molecule has 0 saturated carbocycles. The van der Waals surface area contributed by atoms with E-state index < -0.39 is 17.6 Å². The van der Waals surface area contributed by atoms with Crippen LogP contribution >= 0.6 is 0 Å². The molecule has 33 heavy (non-hydrogen) atoms. The van der Waals surface area contributed by atoms with Gasteiger partial charge in [0.25, 0.3) is 11.8 Å². The lowest BCUT2D eigenvalue weighted by atomic mass is 9.87. The quantitative estimate of drug-likeness (QED) is 0.494. The monoisotopic (exact) mass is 442 g/mol.